The number of aromatic nitrogens is 2. The second kappa shape index (κ2) is 8.00. The number of anilines is 2. The van der Waals surface area contributed by atoms with E-state index in [1.54, 1.807) is 13.2 Å². The highest BCUT2D eigenvalue weighted by molar-refractivity contribution is 8.02. The van der Waals surface area contributed by atoms with Gasteiger partial charge in [-0.15, -0.1) is 10.2 Å². The number of nitrogens with one attached hydrogen (secondary N) is 2. The lowest BCUT2D eigenvalue weighted by atomic mass is 10.3. The van der Waals surface area contributed by atoms with Gasteiger partial charge in [0.1, 0.15) is 5.75 Å². The molecule has 2 aromatic rings. The zero-order valence-electron chi connectivity index (χ0n) is 12.6. The van der Waals surface area contributed by atoms with Crippen LogP contribution in [0.25, 0.3) is 0 Å². The summed E-state index contributed by atoms with van der Waals surface area (Å²) in [5, 5.41) is 14.5. The fourth-order valence-electron chi connectivity index (χ4n) is 1.63. The van der Waals surface area contributed by atoms with Crippen molar-refractivity contribution in [3.8, 4) is 5.75 Å². The Balaban J connectivity index is 1.93. The van der Waals surface area contributed by atoms with E-state index in [9.17, 15) is 4.79 Å². The van der Waals surface area contributed by atoms with E-state index in [0.717, 1.165) is 16.0 Å². The van der Waals surface area contributed by atoms with Gasteiger partial charge in [0.05, 0.1) is 12.4 Å². The largest absolute Gasteiger partial charge is 0.497 e. The van der Waals surface area contributed by atoms with Crippen LogP contribution in [0.4, 0.5) is 10.8 Å². The maximum absolute atomic E-state index is 12.2. The molecule has 0 fully saturated rings. The van der Waals surface area contributed by atoms with Crippen LogP contribution in [0.1, 0.15) is 13.8 Å². The first-order valence-corrected chi connectivity index (χ1v) is 8.51. The van der Waals surface area contributed by atoms with Crippen LogP contribution >= 0.6 is 23.1 Å². The van der Waals surface area contributed by atoms with Crippen LogP contribution < -0.4 is 15.4 Å². The molecule has 1 aromatic carbocycles. The van der Waals surface area contributed by atoms with E-state index >= 15 is 0 Å². The van der Waals surface area contributed by atoms with Gasteiger partial charge >= 0.3 is 0 Å². The lowest BCUT2D eigenvalue weighted by Gasteiger charge is -2.11. The number of rotatable bonds is 7. The fourth-order valence-corrected chi connectivity index (χ4v) is 3.59. The van der Waals surface area contributed by atoms with Gasteiger partial charge in [0.25, 0.3) is 0 Å². The highest BCUT2D eigenvalue weighted by Gasteiger charge is 2.17. The van der Waals surface area contributed by atoms with Gasteiger partial charge in [-0.05, 0) is 26.0 Å². The van der Waals surface area contributed by atoms with E-state index in [1.807, 2.05) is 32.0 Å². The average molecular weight is 338 g/mol. The number of amides is 1. The molecule has 1 amide bonds. The van der Waals surface area contributed by atoms with Crippen molar-refractivity contribution in [2.75, 3.05) is 24.3 Å². The fraction of sp³-hybridized carbons (Fsp3) is 0.357. The van der Waals surface area contributed by atoms with Crippen molar-refractivity contribution in [2.24, 2.45) is 0 Å². The van der Waals surface area contributed by atoms with E-state index in [1.165, 1.54) is 23.1 Å². The quantitative estimate of drug-likeness (QED) is 0.756. The number of ether oxygens (including phenoxy) is 1. The number of hydrogen-bond acceptors (Lipinski definition) is 7. The number of methoxy groups -OCH3 is 1. The molecule has 1 atom stereocenters. The summed E-state index contributed by atoms with van der Waals surface area (Å²) < 4.78 is 5.91. The minimum absolute atomic E-state index is 0.0848. The molecule has 2 rings (SSSR count). The monoisotopic (exact) mass is 338 g/mol. The van der Waals surface area contributed by atoms with E-state index in [-0.39, 0.29) is 11.2 Å². The molecule has 0 spiro atoms. The predicted molar refractivity (Wildman–Crippen MR) is 91.0 cm³/mol. The van der Waals surface area contributed by atoms with Gasteiger partial charge in [0.15, 0.2) is 4.34 Å². The Bertz CT molecular complexity index is 633. The Labute approximate surface area is 137 Å². The van der Waals surface area contributed by atoms with Crippen molar-refractivity contribution < 1.29 is 9.53 Å². The van der Waals surface area contributed by atoms with E-state index < -0.39 is 0 Å². The third kappa shape index (κ3) is 4.60. The van der Waals surface area contributed by atoms with Crippen LogP contribution in [-0.4, -0.2) is 35.0 Å². The Hall–Kier alpha value is -1.80. The molecule has 0 aliphatic rings. The molecule has 0 unspecified atom stereocenters. The summed E-state index contributed by atoms with van der Waals surface area (Å²) in [7, 11) is 1.59. The maximum Gasteiger partial charge on any atom is 0.237 e. The van der Waals surface area contributed by atoms with Gasteiger partial charge in [0.2, 0.25) is 11.0 Å². The molecule has 8 heteroatoms. The highest BCUT2D eigenvalue weighted by atomic mass is 32.2. The van der Waals surface area contributed by atoms with Gasteiger partial charge < -0.3 is 15.4 Å². The first-order valence-electron chi connectivity index (χ1n) is 6.81. The van der Waals surface area contributed by atoms with Crippen molar-refractivity contribution in [2.45, 2.75) is 23.4 Å². The normalized spacial score (nSPS) is 11.8. The summed E-state index contributed by atoms with van der Waals surface area (Å²) in [6, 6.07) is 7.27. The standard InChI is InChI=1S/C14H18N4O2S2/c1-4-15-13-17-18-14(22-13)21-9(2)12(19)16-10-6-5-7-11(8-10)20-3/h5-9H,4H2,1-3H3,(H,15,17)(H,16,19)/t9-/m1/s1. The van der Waals surface area contributed by atoms with Crippen LogP contribution in [0.15, 0.2) is 28.6 Å². The van der Waals surface area contributed by atoms with Gasteiger partial charge in [-0.25, -0.2) is 0 Å². The molecule has 0 saturated heterocycles. The van der Waals surface area contributed by atoms with Crippen LogP contribution in [0.2, 0.25) is 0 Å². The second-order valence-electron chi connectivity index (χ2n) is 4.38. The van der Waals surface area contributed by atoms with Crippen molar-refractivity contribution >= 4 is 39.8 Å². The van der Waals surface area contributed by atoms with Crippen molar-refractivity contribution in [3.63, 3.8) is 0 Å². The van der Waals surface area contributed by atoms with Crippen molar-refractivity contribution in [3.05, 3.63) is 24.3 Å². The minimum atomic E-state index is -0.270. The van der Waals surface area contributed by atoms with Crippen LogP contribution in [-0.2, 0) is 4.79 Å². The van der Waals surface area contributed by atoms with Crippen LogP contribution in [0.5, 0.6) is 5.75 Å². The second-order valence-corrected chi connectivity index (χ2v) is 6.95. The lowest BCUT2D eigenvalue weighted by molar-refractivity contribution is -0.115. The smallest absolute Gasteiger partial charge is 0.237 e. The third-order valence-electron chi connectivity index (χ3n) is 2.72. The highest BCUT2D eigenvalue weighted by Crippen LogP contribution is 2.29. The predicted octanol–water partition coefficient (Wildman–Crippen LogP) is 3.10. The Kier molecular flexibility index (Phi) is 6.02. The number of hydrogen-bond donors (Lipinski definition) is 2. The SMILES string of the molecule is CCNc1nnc(S[C@H](C)C(=O)Nc2cccc(OC)c2)s1. The zero-order chi connectivity index (χ0) is 15.9. The topological polar surface area (TPSA) is 76.1 Å². The third-order valence-corrected chi connectivity index (χ3v) is 4.78. The number of nitrogens with zero attached hydrogens (tertiary/aromatic N) is 2. The lowest BCUT2D eigenvalue weighted by Crippen LogP contribution is -2.22. The maximum atomic E-state index is 12.2. The Morgan fingerprint density at radius 3 is 3.00 bits per heavy atom. The molecule has 1 aromatic heterocycles. The average Bonchev–Trinajstić information content (AvgIpc) is 2.95. The summed E-state index contributed by atoms with van der Waals surface area (Å²) in [5.41, 5.74) is 0.711. The van der Waals surface area contributed by atoms with Crippen LogP contribution in [0, 0.1) is 0 Å². The summed E-state index contributed by atoms with van der Waals surface area (Å²) in [6.45, 7) is 4.64. The van der Waals surface area contributed by atoms with Crippen molar-refractivity contribution in [1.29, 1.82) is 0 Å². The summed E-state index contributed by atoms with van der Waals surface area (Å²) in [5.74, 6) is 0.621. The van der Waals surface area contributed by atoms with Crippen molar-refractivity contribution in [1.82, 2.24) is 10.2 Å². The zero-order valence-corrected chi connectivity index (χ0v) is 14.3. The molecule has 1 heterocycles. The van der Waals surface area contributed by atoms with Gasteiger partial charge in [-0.1, -0.05) is 29.2 Å². The molecule has 0 bridgehead atoms. The van der Waals surface area contributed by atoms with E-state index in [2.05, 4.69) is 20.8 Å². The molecular weight excluding hydrogens is 320 g/mol. The first kappa shape index (κ1) is 16.6. The summed E-state index contributed by atoms with van der Waals surface area (Å²) in [4.78, 5) is 12.2. The molecule has 118 valence electrons. The number of thioether (sulfide) groups is 1. The number of carbonyl (C=O) groups excluding carboxylic acids is 1. The molecule has 0 radical (unpaired) electrons. The molecule has 0 saturated carbocycles. The van der Waals surface area contributed by atoms with Crippen LogP contribution in [0.3, 0.4) is 0 Å². The molecule has 6 nitrogen and oxygen atoms in total. The first-order chi connectivity index (χ1) is 10.6. The number of carbonyl (C=O) groups is 1. The van der Waals surface area contributed by atoms with Gasteiger partial charge in [0, 0.05) is 18.3 Å². The summed E-state index contributed by atoms with van der Waals surface area (Å²) >= 11 is 2.83. The molecule has 2 N–H and O–H groups in total. The minimum Gasteiger partial charge on any atom is -0.497 e. The van der Waals surface area contributed by atoms with E-state index in [0.29, 0.717) is 11.4 Å². The number of benzene rings is 1. The molecule has 22 heavy (non-hydrogen) atoms. The Morgan fingerprint density at radius 1 is 1.45 bits per heavy atom. The molecular formula is C14H18N4O2S2. The van der Waals surface area contributed by atoms with Gasteiger partial charge in [-0.3, -0.25) is 4.79 Å². The van der Waals surface area contributed by atoms with Gasteiger partial charge in [-0.2, -0.15) is 0 Å². The summed E-state index contributed by atoms with van der Waals surface area (Å²) in [6.07, 6.45) is 0. The molecule has 0 aliphatic carbocycles. The Morgan fingerprint density at radius 2 is 2.27 bits per heavy atom. The molecule has 0 aliphatic heterocycles. The van der Waals surface area contributed by atoms with E-state index in [4.69, 9.17) is 4.74 Å².